The summed E-state index contributed by atoms with van der Waals surface area (Å²) in [5, 5.41) is 12.6. The van der Waals surface area contributed by atoms with Gasteiger partial charge in [0.1, 0.15) is 6.33 Å². The number of fused-ring (bicyclic) bond motifs is 1. The largest absolute Gasteiger partial charge is 0.281 e. The van der Waals surface area contributed by atoms with E-state index in [1.807, 2.05) is 37.3 Å². The highest BCUT2D eigenvalue weighted by molar-refractivity contribution is 5.80. The molecule has 0 amide bonds. The monoisotopic (exact) mass is 320 g/mol. The smallest absolute Gasteiger partial charge is 0.267 e. The first-order valence-corrected chi connectivity index (χ1v) is 7.38. The topological polar surface area (TPSA) is 84.0 Å². The lowest BCUT2D eigenvalue weighted by atomic mass is 10.2. The summed E-state index contributed by atoms with van der Waals surface area (Å²) >= 11 is 0. The molecule has 7 nitrogen and oxygen atoms in total. The molecule has 120 valence electrons. The lowest BCUT2D eigenvalue weighted by Crippen LogP contribution is -2.26. The van der Waals surface area contributed by atoms with Crippen LogP contribution in [-0.4, -0.2) is 15.5 Å². The highest BCUT2D eigenvalue weighted by Crippen LogP contribution is 2.12. The van der Waals surface area contributed by atoms with Gasteiger partial charge in [-0.05, 0) is 38.1 Å². The summed E-state index contributed by atoms with van der Waals surface area (Å²) in [6.07, 6.45) is 1.39. The molecular weight excluding hydrogens is 304 g/mol. The summed E-state index contributed by atoms with van der Waals surface area (Å²) in [5.41, 5.74) is 4.93. The molecule has 0 saturated heterocycles. The summed E-state index contributed by atoms with van der Waals surface area (Å²) < 4.78 is 1.20. The zero-order valence-corrected chi connectivity index (χ0v) is 13.3. The van der Waals surface area contributed by atoms with Gasteiger partial charge in [0.05, 0.1) is 16.6 Å². The van der Waals surface area contributed by atoms with Crippen molar-refractivity contribution in [3.63, 3.8) is 0 Å². The van der Waals surface area contributed by atoms with E-state index >= 15 is 0 Å². The minimum atomic E-state index is -0.229. The van der Waals surface area contributed by atoms with E-state index in [0.29, 0.717) is 16.7 Å². The summed E-state index contributed by atoms with van der Waals surface area (Å²) in [5.74, 6) is 0.385. The average molecular weight is 320 g/mol. The van der Waals surface area contributed by atoms with Gasteiger partial charge >= 0.3 is 0 Å². The van der Waals surface area contributed by atoms with E-state index in [1.54, 1.807) is 25.1 Å². The molecule has 0 bridgehead atoms. The number of aromatic nitrogens is 2. The molecule has 0 aliphatic carbocycles. The number of nitrogens with one attached hydrogen (secondary N) is 1. The lowest BCUT2D eigenvalue weighted by Gasteiger charge is -2.04. The van der Waals surface area contributed by atoms with Crippen molar-refractivity contribution in [3.8, 4) is 0 Å². The molecule has 0 saturated carbocycles. The molecular formula is C17H16N6O. The number of rotatable bonds is 3. The first-order chi connectivity index (χ1) is 11.6. The van der Waals surface area contributed by atoms with Gasteiger partial charge in [-0.15, -0.1) is 15.3 Å². The molecule has 7 heteroatoms. The SMILES string of the molecule is CC(N=Nc1ccc(C)cc1)=NNn1cnc2ccccc2c1=O. The Bertz CT molecular complexity index is 972. The van der Waals surface area contributed by atoms with E-state index in [2.05, 4.69) is 25.8 Å². The predicted molar refractivity (Wildman–Crippen MR) is 94.2 cm³/mol. The van der Waals surface area contributed by atoms with Gasteiger partial charge in [0.15, 0.2) is 5.84 Å². The van der Waals surface area contributed by atoms with Crippen molar-refractivity contribution in [2.45, 2.75) is 13.8 Å². The maximum absolute atomic E-state index is 12.3. The fourth-order valence-electron chi connectivity index (χ4n) is 2.03. The fraction of sp³-hybridized carbons (Fsp3) is 0.118. The van der Waals surface area contributed by atoms with Gasteiger partial charge in [-0.25, -0.2) is 10.5 Å². The van der Waals surface area contributed by atoms with E-state index in [0.717, 1.165) is 11.3 Å². The Morgan fingerprint density at radius 2 is 1.88 bits per heavy atom. The first-order valence-electron chi connectivity index (χ1n) is 7.38. The van der Waals surface area contributed by atoms with Crippen molar-refractivity contribution in [1.82, 2.24) is 9.66 Å². The van der Waals surface area contributed by atoms with Gasteiger partial charge in [0.25, 0.3) is 5.56 Å². The molecule has 3 aromatic rings. The zero-order valence-electron chi connectivity index (χ0n) is 13.3. The number of nitrogens with zero attached hydrogens (tertiary/aromatic N) is 5. The van der Waals surface area contributed by atoms with E-state index in [4.69, 9.17) is 0 Å². The van der Waals surface area contributed by atoms with Crippen LogP contribution in [0.15, 0.2) is 75.0 Å². The second kappa shape index (κ2) is 6.82. The molecule has 0 aliphatic heterocycles. The molecule has 0 radical (unpaired) electrons. The second-order valence-corrected chi connectivity index (χ2v) is 5.23. The molecule has 0 unspecified atom stereocenters. The van der Waals surface area contributed by atoms with Crippen LogP contribution in [0.5, 0.6) is 0 Å². The van der Waals surface area contributed by atoms with Gasteiger partial charge in [-0.3, -0.25) is 4.79 Å². The molecule has 2 aromatic carbocycles. The molecule has 0 aliphatic rings. The predicted octanol–water partition coefficient (Wildman–Crippen LogP) is 3.37. The highest BCUT2D eigenvalue weighted by atomic mass is 16.1. The first kappa shape index (κ1) is 15.5. The van der Waals surface area contributed by atoms with Crippen molar-refractivity contribution in [1.29, 1.82) is 0 Å². The molecule has 0 spiro atoms. The van der Waals surface area contributed by atoms with Gasteiger partial charge in [-0.1, -0.05) is 29.8 Å². The number of benzene rings is 2. The molecule has 0 fully saturated rings. The number of hydrogen-bond donors (Lipinski definition) is 1. The van der Waals surface area contributed by atoms with Gasteiger partial charge < -0.3 is 0 Å². The number of amidine groups is 1. The Kier molecular flexibility index (Phi) is 4.42. The van der Waals surface area contributed by atoms with Crippen LogP contribution < -0.4 is 11.1 Å². The number of aryl methyl sites for hydroxylation is 1. The van der Waals surface area contributed by atoms with Gasteiger partial charge in [-0.2, -0.15) is 4.68 Å². The van der Waals surface area contributed by atoms with E-state index in [-0.39, 0.29) is 5.56 Å². The third-order valence-corrected chi connectivity index (χ3v) is 3.33. The molecule has 3 rings (SSSR count). The minimum absolute atomic E-state index is 0.229. The standard InChI is InChI=1S/C17H16N6O/c1-12-7-9-14(10-8-12)21-19-13(2)20-22-23-11-18-16-6-4-3-5-15(16)17(23)24/h3-11,22H,1-2H3. The zero-order chi connectivity index (χ0) is 16.9. The van der Waals surface area contributed by atoms with Crippen LogP contribution in [0, 0.1) is 6.92 Å². The lowest BCUT2D eigenvalue weighted by molar-refractivity contribution is 0.819. The van der Waals surface area contributed by atoms with Crippen molar-refractivity contribution < 1.29 is 0 Å². The molecule has 0 atom stereocenters. The fourth-order valence-corrected chi connectivity index (χ4v) is 2.03. The number of azo groups is 1. The van der Waals surface area contributed by atoms with Crippen molar-refractivity contribution in [2.24, 2.45) is 15.3 Å². The quantitative estimate of drug-likeness (QED) is 0.347. The Labute approximate surface area is 138 Å². The third-order valence-electron chi connectivity index (χ3n) is 3.33. The Balaban J connectivity index is 1.76. The Hall–Kier alpha value is -3.35. The average Bonchev–Trinajstić information content (AvgIpc) is 2.61. The van der Waals surface area contributed by atoms with Crippen LogP contribution >= 0.6 is 0 Å². The minimum Gasteiger partial charge on any atom is -0.267 e. The van der Waals surface area contributed by atoms with Crippen molar-refractivity contribution in [3.05, 3.63) is 70.8 Å². The van der Waals surface area contributed by atoms with Crippen molar-refractivity contribution in [2.75, 3.05) is 5.53 Å². The molecule has 1 aromatic heterocycles. The van der Waals surface area contributed by atoms with Crippen LogP contribution in [-0.2, 0) is 0 Å². The normalized spacial score (nSPS) is 12.0. The van der Waals surface area contributed by atoms with Crippen LogP contribution in [0.1, 0.15) is 12.5 Å². The van der Waals surface area contributed by atoms with Crippen LogP contribution in [0.25, 0.3) is 10.9 Å². The van der Waals surface area contributed by atoms with Crippen LogP contribution in [0.3, 0.4) is 0 Å². The maximum atomic E-state index is 12.3. The molecule has 1 N–H and O–H groups in total. The van der Waals surface area contributed by atoms with Gasteiger partial charge in [0.2, 0.25) is 0 Å². The van der Waals surface area contributed by atoms with Gasteiger partial charge in [0, 0.05) is 0 Å². The number of hydrazone groups is 1. The highest BCUT2D eigenvalue weighted by Gasteiger charge is 2.02. The van der Waals surface area contributed by atoms with Crippen LogP contribution in [0.2, 0.25) is 0 Å². The van der Waals surface area contributed by atoms with Crippen molar-refractivity contribution >= 4 is 22.4 Å². The summed E-state index contributed by atoms with van der Waals surface area (Å²) in [7, 11) is 0. The molecule has 1 heterocycles. The second-order valence-electron chi connectivity index (χ2n) is 5.23. The summed E-state index contributed by atoms with van der Waals surface area (Å²) in [4.78, 5) is 16.5. The van der Waals surface area contributed by atoms with Crippen LogP contribution in [0.4, 0.5) is 5.69 Å². The maximum Gasteiger partial charge on any atom is 0.281 e. The molecule has 24 heavy (non-hydrogen) atoms. The van der Waals surface area contributed by atoms with E-state index in [9.17, 15) is 4.79 Å². The Morgan fingerprint density at radius 3 is 2.67 bits per heavy atom. The Morgan fingerprint density at radius 1 is 1.12 bits per heavy atom. The summed E-state index contributed by atoms with van der Waals surface area (Å²) in [6, 6.07) is 14.8. The third kappa shape index (κ3) is 3.52. The number of para-hydroxylation sites is 1. The number of hydrogen-bond acceptors (Lipinski definition) is 5. The summed E-state index contributed by atoms with van der Waals surface area (Å²) in [6.45, 7) is 3.69. The van der Waals surface area contributed by atoms with E-state index < -0.39 is 0 Å². The van der Waals surface area contributed by atoms with E-state index in [1.165, 1.54) is 11.0 Å².